The zero-order chi connectivity index (χ0) is 18.4. The molecule has 24 heavy (non-hydrogen) atoms. The molecule has 1 aromatic rings. The van der Waals surface area contributed by atoms with Crippen LogP contribution in [0.3, 0.4) is 0 Å². The maximum atomic E-state index is 8.60. The monoisotopic (exact) mass is 367 g/mol. The number of nitrogens with one attached hydrogen (secondary N) is 3. The van der Waals surface area contributed by atoms with Crippen molar-refractivity contribution < 1.29 is 4.74 Å². The van der Waals surface area contributed by atoms with Gasteiger partial charge in [0.1, 0.15) is 6.73 Å². The van der Waals surface area contributed by atoms with E-state index in [-0.39, 0.29) is 5.54 Å². The number of benzene rings is 1. The molecule has 0 aliphatic heterocycles. The Morgan fingerprint density at radius 1 is 1.29 bits per heavy atom. The van der Waals surface area contributed by atoms with Crippen LogP contribution in [0.5, 0.6) is 0 Å². The van der Waals surface area contributed by atoms with E-state index in [1.54, 1.807) is 11.8 Å². The van der Waals surface area contributed by atoms with Gasteiger partial charge in [0.2, 0.25) is 0 Å². The molecule has 0 saturated carbocycles. The molecule has 0 fully saturated rings. The summed E-state index contributed by atoms with van der Waals surface area (Å²) in [6.45, 7) is 12.4. The molecule has 0 radical (unpaired) electrons. The average Bonchev–Trinajstić information content (AvgIpc) is 2.52. The van der Waals surface area contributed by atoms with Crippen molar-refractivity contribution in [2.75, 3.05) is 32.0 Å². The van der Waals surface area contributed by atoms with Crippen LogP contribution in [0.15, 0.2) is 23.1 Å². The lowest BCUT2D eigenvalue weighted by molar-refractivity contribution is 0.165. The zero-order valence-corrected chi connectivity index (χ0v) is 18.0. The van der Waals surface area contributed by atoms with Crippen molar-refractivity contribution in [1.29, 1.82) is 5.41 Å². The molecule has 0 heterocycles. The molecule has 0 aliphatic rings. The molecular weight excluding hydrogens is 334 g/mol. The van der Waals surface area contributed by atoms with Crippen LogP contribution in [0.2, 0.25) is 25.7 Å². The molecule has 4 nitrogen and oxygen atoms in total. The van der Waals surface area contributed by atoms with Gasteiger partial charge in [0.25, 0.3) is 0 Å². The number of para-hydroxylation sites is 1. The number of likely N-dealkylation sites (N-methyl/N-ethyl adjacent to an activating group) is 1. The van der Waals surface area contributed by atoms with Gasteiger partial charge >= 0.3 is 0 Å². The zero-order valence-electron chi connectivity index (χ0n) is 16.2. The summed E-state index contributed by atoms with van der Waals surface area (Å²) in [6, 6.07) is 7.26. The fraction of sp³-hybridized carbons (Fsp3) is 0.611. The minimum atomic E-state index is -1.06. The van der Waals surface area contributed by atoms with E-state index >= 15 is 0 Å². The summed E-state index contributed by atoms with van der Waals surface area (Å²) in [5.74, 6) is 0. The van der Waals surface area contributed by atoms with Crippen molar-refractivity contribution >= 4 is 31.2 Å². The summed E-state index contributed by atoms with van der Waals surface area (Å²) in [5.41, 5.74) is 2.11. The number of hydrogen-bond donors (Lipinski definition) is 3. The van der Waals surface area contributed by atoms with Gasteiger partial charge in [0.15, 0.2) is 0 Å². The molecule has 0 amide bonds. The maximum Gasteiger partial charge on any atom is 0.116 e. The quantitative estimate of drug-likeness (QED) is 0.187. The van der Waals surface area contributed by atoms with Crippen molar-refractivity contribution in [3.05, 3.63) is 23.8 Å². The van der Waals surface area contributed by atoms with E-state index in [4.69, 9.17) is 10.1 Å². The first-order valence-corrected chi connectivity index (χ1v) is 13.3. The third-order valence-electron chi connectivity index (χ3n) is 4.11. The summed E-state index contributed by atoms with van der Waals surface area (Å²) in [6.07, 6.45) is 2.06. The first-order valence-electron chi connectivity index (χ1n) is 8.39. The van der Waals surface area contributed by atoms with E-state index in [2.05, 4.69) is 42.6 Å². The molecule has 0 bridgehead atoms. The normalized spacial score (nSPS) is 12.3. The SMILES string of the molecule is CNC(C)(C)C(=N)c1cccc(SC)c1NCOCC[Si](C)(C)C. The number of anilines is 1. The molecule has 1 aromatic carbocycles. The van der Waals surface area contributed by atoms with Crippen molar-refractivity contribution in [2.45, 2.75) is 50.0 Å². The number of ether oxygens (including phenoxy) is 1. The molecule has 0 atom stereocenters. The predicted molar refractivity (Wildman–Crippen MR) is 111 cm³/mol. The van der Waals surface area contributed by atoms with Gasteiger partial charge in [-0.3, -0.25) is 0 Å². The third-order valence-corrected chi connectivity index (χ3v) is 6.60. The van der Waals surface area contributed by atoms with Crippen molar-refractivity contribution in [1.82, 2.24) is 5.32 Å². The van der Waals surface area contributed by atoms with E-state index in [1.807, 2.05) is 33.0 Å². The molecule has 0 aromatic heterocycles. The minimum absolute atomic E-state index is 0.383. The van der Waals surface area contributed by atoms with E-state index in [0.717, 1.165) is 28.8 Å². The highest BCUT2D eigenvalue weighted by molar-refractivity contribution is 7.98. The van der Waals surface area contributed by atoms with Gasteiger partial charge in [-0.15, -0.1) is 11.8 Å². The Labute approximate surface area is 152 Å². The van der Waals surface area contributed by atoms with Crippen LogP contribution in [0.25, 0.3) is 0 Å². The third kappa shape index (κ3) is 6.24. The molecule has 3 N–H and O–H groups in total. The molecule has 6 heteroatoms. The highest BCUT2D eigenvalue weighted by Gasteiger charge is 2.25. The first kappa shape index (κ1) is 21.2. The second kappa shape index (κ2) is 9.04. The predicted octanol–water partition coefficient (Wildman–Crippen LogP) is 4.50. The second-order valence-electron chi connectivity index (χ2n) is 7.67. The minimum Gasteiger partial charge on any atom is -0.362 e. The topological polar surface area (TPSA) is 57.1 Å². The van der Waals surface area contributed by atoms with Crippen molar-refractivity contribution in [3.8, 4) is 0 Å². The Bertz CT molecular complexity index is 556. The number of thioether (sulfide) groups is 1. The van der Waals surface area contributed by atoms with E-state index < -0.39 is 8.07 Å². The Kier molecular flexibility index (Phi) is 7.99. The van der Waals surface area contributed by atoms with Gasteiger partial charge in [0, 0.05) is 25.1 Å². The molecule has 136 valence electrons. The van der Waals surface area contributed by atoms with E-state index in [1.165, 1.54) is 0 Å². The Morgan fingerprint density at radius 3 is 2.50 bits per heavy atom. The van der Waals surface area contributed by atoms with Gasteiger partial charge < -0.3 is 20.8 Å². The van der Waals surface area contributed by atoms with Gasteiger partial charge in [-0.1, -0.05) is 31.8 Å². The Hall–Kier alpha value is -0.823. The summed E-state index contributed by atoms with van der Waals surface area (Å²) < 4.78 is 5.79. The van der Waals surface area contributed by atoms with Gasteiger partial charge in [-0.05, 0) is 39.3 Å². The highest BCUT2D eigenvalue weighted by atomic mass is 32.2. The maximum absolute atomic E-state index is 8.60. The summed E-state index contributed by atoms with van der Waals surface area (Å²) in [5, 5.41) is 15.2. The lowest BCUT2D eigenvalue weighted by Gasteiger charge is -2.27. The van der Waals surface area contributed by atoms with E-state index in [0.29, 0.717) is 12.4 Å². The van der Waals surface area contributed by atoms with Crippen LogP contribution < -0.4 is 10.6 Å². The molecule has 1 rings (SSSR count). The van der Waals surface area contributed by atoms with Gasteiger partial charge in [-0.2, -0.15) is 0 Å². The van der Waals surface area contributed by atoms with Gasteiger partial charge in [-0.25, -0.2) is 0 Å². The molecule has 0 aliphatic carbocycles. The first-order chi connectivity index (χ1) is 11.1. The molecule has 0 saturated heterocycles. The second-order valence-corrected chi connectivity index (χ2v) is 14.1. The standard InChI is InChI=1S/C18H33N3OSSi/c1-18(2,20-3)17(19)14-9-8-10-15(23-4)16(14)21-13-22-11-12-24(5,6)7/h8-10,19-21H,11-13H2,1-7H3. The molecule has 0 spiro atoms. The largest absolute Gasteiger partial charge is 0.362 e. The van der Waals surface area contributed by atoms with Gasteiger partial charge in [0.05, 0.1) is 16.9 Å². The fourth-order valence-electron chi connectivity index (χ4n) is 2.13. The molecule has 0 unspecified atom stereocenters. The van der Waals surface area contributed by atoms with Crippen LogP contribution in [-0.2, 0) is 4.74 Å². The van der Waals surface area contributed by atoms with E-state index in [9.17, 15) is 0 Å². The Morgan fingerprint density at radius 2 is 1.96 bits per heavy atom. The Balaban J connectivity index is 2.86. The van der Waals surface area contributed by atoms with Crippen molar-refractivity contribution in [2.24, 2.45) is 0 Å². The van der Waals surface area contributed by atoms with Crippen molar-refractivity contribution in [3.63, 3.8) is 0 Å². The lowest BCUT2D eigenvalue weighted by atomic mass is 9.91. The van der Waals surface area contributed by atoms with Crippen LogP contribution in [0, 0.1) is 5.41 Å². The molecular formula is C18H33N3OSSi. The summed E-state index contributed by atoms with van der Waals surface area (Å²) >= 11 is 1.69. The number of hydrogen-bond acceptors (Lipinski definition) is 5. The number of rotatable bonds is 10. The smallest absolute Gasteiger partial charge is 0.116 e. The fourth-order valence-corrected chi connectivity index (χ4v) is 3.48. The van der Waals surface area contributed by atoms with Crippen LogP contribution >= 0.6 is 11.8 Å². The summed E-state index contributed by atoms with van der Waals surface area (Å²) in [4.78, 5) is 1.14. The lowest BCUT2D eigenvalue weighted by Crippen LogP contribution is -2.44. The van der Waals surface area contributed by atoms with Crippen LogP contribution in [0.4, 0.5) is 5.69 Å². The highest BCUT2D eigenvalue weighted by Crippen LogP contribution is 2.31. The van der Waals surface area contributed by atoms with Crippen LogP contribution in [0.1, 0.15) is 19.4 Å². The average molecular weight is 368 g/mol. The summed E-state index contributed by atoms with van der Waals surface area (Å²) in [7, 11) is 0.826. The van der Waals surface area contributed by atoms with Crippen LogP contribution in [-0.4, -0.2) is 46.0 Å².